The van der Waals surface area contributed by atoms with Gasteiger partial charge in [0.1, 0.15) is 11.9 Å². The van der Waals surface area contributed by atoms with Gasteiger partial charge in [-0.1, -0.05) is 13.0 Å². The summed E-state index contributed by atoms with van der Waals surface area (Å²) in [5.41, 5.74) is 0.761. The molecule has 11 heteroatoms. The molecule has 0 unspecified atom stereocenters. The van der Waals surface area contributed by atoms with Crippen LogP contribution in [0.2, 0.25) is 0 Å². The second kappa shape index (κ2) is 9.68. The first-order valence-electron chi connectivity index (χ1n) is 11.6. The fourth-order valence-corrected chi connectivity index (χ4v) is 4.86. The van der Waals surface area contributed by atoms with Crippen molar-refractivity contribution in [1.82, 2.24) is 9.88 Å². The predicted octanol–water partition coefficient (Wildman–Crippen LogP) is 3.51. The Morgan fingerprint density at radius 3 is 2.50 bits per heavy atom. The van der Waals surface area contributed by atoms with Crippen LogP contribution in [0.5, 0.6) is 17.2 Å². The summed E-state index contributed by atoms with van der Waals surface area (Å²) in [6, 6.07) is 7.19. The molecule has 2 aliphatic rings. The molecule has 0 radical (unpaired) electrons. The van der Waals surface area contributed by atoms with Crippen molar-refractivity contribution in [3.8, 4) is 17.2 Å². The van der Waals surface area contributed by atoms with Crippen LogP contribution in [-0.2, 0) is 4.79 Å². The number of alkyl halides is 3. The quantitative estimate of drug-likeness (QED) is 0.546. The van der Waals surface area contributed by atoms with E-state index < -0.39 is 17.9 Å². The van der Waals surface area contributed by atoms with Gasteiger partial charge in [-0.2, -0.15) is 0 Å². The number of hydrogen-bond acceptors (Lipinski definition) is 7. The fraction of sp³-hybridized carbons (Fsp3) is 0.520. The zero-order chi connectivity index (χ0) is 26.3. The molecule has 0 aliphatic carbocycles. The molecule has 8 nitrogen and oxygen atoms in total. The van der Waals surface area contributed by atoms with Crippen molar-refractivity contribution in [3.05, 3.63) is 41.6 Å². The third kappa shape index (κ3) is 5.16. The Morgan fingerprint density at radius 2 is 1.92 bits per heavy atom. The molecule has 0 saturated carbocycles. The Balaban J connectivity index is 1.46. The van der Waals surface area contributed by atoms with Crippen molar-refractivity contribution in [3.63, 3.8) is 0 Å². The van der Waals surface area contributed by atoms with E-state index in [1.165, 1.54) is 6.92 Å². The lowest BCUT2D eigenvalue weighted by Gasteiger charge is -2.40. The van der Waals surface area contributed by atoms with Crippen molar-refractivity contribution < 1.29 is 37.3 Å². The number of aromatic nitrogens is 1. The summed E-state index contributed by atoms with van der Waals surface area (Å²) >= 11 is 0. The Kier molecular flexibility index (Phi) is 6.96. The standard InChI is InChI=1S/C25H30F3N3O5/c1-15-7-23(29-9-22(15)36-25(26,27)28)31-10-18(11-31)35-21-8-17(5-6-20(21)34-4)19-12-30(14-32)13-24(19,3)16(2)33/h5-9,14,16,18-19,33H,10-13H2,1-4H3/t16-,19+,24+/m1/s1. The number of rotatable bonds is 8. The SMILES string of the molecule is COc1ccc([C@@H]2CN(C=O)C[C@@]2(C)[C@@H](C)O)cc1OC1CN(c2cc(C)c(OC(F)(F)F)cn2)C1. The Bertz CT molecular complexity index is 1110. The van der Waals surface area contributed by atoms with Crippen LogP contribution < -0.4 is 19.1 Å². The van der Waals surface area contributed by atoms with E-state index in [-0.39, 0.29) is 17.8 Å². The van der Waals surface area contributed by atoms with Gasteiger partial charge >= 0.3 is 6.36 Å². The lowest BCUT2D eigenvalue weighted by Crippen LogP contribution is -2.54. The first-order chi connectivity index (χ1) is 16.9. The zero-order valence-corrected chi connectivity index (χ0v) is 20.6. The van der Waals surface area contributed by atoms with Gasteiger partial charge in [0.05, 0.1) is 32.5 Å². The summed E-state index contributed by atoms with van der Waals surface area (Å²) in [7, 11) is 1.55. The van der Waals surface area contributed by atoms with E-state index in [2.05, 4.69) is 9.72 Å². The largest absolute Gasteiger partial charge is 0.573 e. The third-order valence-electron chi connectivity index (χ3n) is 7.19. The number of aryl methyl sites for hydroxylation is 1. The van der Waals surface area contributed by atoms with Crippen molar-refractivity contribution in [1.29, 1.82) is 0 Å². The third-order valence-corrected chi connectivity index (χ3v) is 7.19. The first kappa shape index (κ1) is 25.9. The summed E-state index contributed by atoms with van der Waals surface area (Å²) in [6.07, 6.45) is -3.69. The van der Waals surface area contributed by atoms with Crippen LogP contribution in [0, 0.1) is 12.3 Å². The molecule has 2 aromatic rings. The molecule has 196 valence electrons. The number of aliphatic hydroxyl groups is 1. The lowest BCUT2D eigenvalue weighted by molar-refractivity contribution is -0.275. The van der Waals surface area contributed by atoms with E-state index in [0.29, 0.717) is 49.1 Å². The number of likely N-dealkylation sites (tertiary alicyclic amines) is 1. The predicted molar refractivity (Wildman–Crippen MR) is 125 cm³/mol. The summed E-state index contributed by atoms with van der Waals surface area (Å²) in [4.78, 5) is 19.1. The van der Waals surface area contributed by atoms with Gasteiger partial charge < -0.3 is 29.1 Å². The van der Waals surface area contributed by atoms with Crippen LogP contribution in [0.25, 0.3) is 0 Å². The summed E-state index contributed by atoms with van der Waals surface area (Å²) in [5.74, 6) is 1.23. The number of methoxy groups -OCH3 is 1. The number of halogens is 3. The first-order valence-corrected chi connectivity index (χ1v) is 11.6. The van der Waals surface area contributed by atoms with Crippen molar-refractivity contribution >= 4 is 12.2 Å². The van der Waals surface area contributed by atoms with E-state index in [9.17, 15) is 23.1 Å². The van der Waals surface area contributed by atoms with Gasteiger partial charge in [0.25, 0.3) is 0 Å². The monoisotopic (exact) mass is 509 g/mol. The van der Waals surface area contributed by atoms with Gasteiger partial charge in [0.15, 0.2) is 17.2 Å². The average Bonchev–Trinajstić information content (AvgIpc) is 3.14. The van der Waals surface area contributed by atoms with Gasteiger partial charge in [-0.15, -0.1) is 13.2 Å². The lowest BCUT2D eigenvalue weighted by atomic mass is 9.72. The van der Waals surface area contributed by atoms with Gasteiger partial charge in [-0.3, -0.25) is 4.79 Å². The molecular weight excluding hydrogens is 479 g/mol. The van der Waals surface area contributed by atoms with Crippen LogP contribution in [0.4, 0.5) is 19.0 Å². The van der Waals surface area contributed by atoms with E-state index in [0.717, 1.165) is 18.2 Å². The smallest absolute Gasteiger partial charge is 0.493 e. The summed E-state index contributed by atoms with van der Waals surface area (Å²) in [5, 5.41) is 10.5. The number of aliphatic hydroxyl groups excluding tert-OH is 1. The van der Waals surface area contributed by atoms with Gasteiger partial charge in [0.2, 0.25) is 6.41 Å². The Morgan fingerprint density at radius 1 is 1.19 bits per heavy atom. The molecule has 1 amide bonds. The molecule has 0 bridgehead atoms. The molecule has 2 aliphatic heterocycles. The Labute approximate surface area is 207 Å². The second-order valence-electron chi connectivity index (χ2n) is 9.68. The van der Waals surface area contributed by atoms with Gasteiger partial charge in [-0.25, -0.2) is 4.98 Å². The van der Waals surface area contributed by atoms with Crippen LogP contribution in [0.1, 0.15) is 30.9 Å². The number of hydrogen-bond donors (Lipinski definition) is 1. The van der Waals surface area contributed by atoms with Crippen LogP contribution in [-0.4, -0.2) is 73.3 Å². The maximum atomic E-state index is 12.5. The highest BCUT2D eigenvalue weighted by molar-refractivity contribution is 5.51. The molecule has 1 N–H and O–H groups in total. The van der Waals surface area contributed by atoms with Gasteiger partial charge in [0, 0.05) is 24.4 Å². The number of amides is 1. The van der Waals surface area contributed by atoms with Crippen molar-refractivity contribution in [2.45, 2.75) is 45.3 Å². The average molecular weight is 510 g/mol. The molecule has 2 saturated heterocycles. The minimum absolute atomic E-state index is 0.0848. The maximum absolute atomic E-state index is 12.5. The zero-order valence-electron chi connectivity index (χ0n) is 20.6. The summed E-state index contributed by atoms with van der Waals surface area (Å²) < 4.78 is 53.2. The van der Waals surface area contributed by atoms with E-state index in [4.69, 9.17) is 9.47 Å². The normalized spacial score (nSPS) is 23.3. The highest BCUT2D eigenvalue weighted by Crippen LogP contribution is 2.46. The molecular formula is C25H30F3N3O5. The van der Waals surface area contributed by atoms with E-state index in [1.54, 1.807) is 25.0 Å². The van der Waals surface area contributed by atoms with Gasteiger partial charge in [-0.05, 0) is 43.2 Å². The molecule has 36 heavy (non-hydrogen) atoms. The molecule has 1 aromatic carbocycles. The van der Waals surface area contributed by atoms with Crippen LogP contribution in [0.15, 0.2) is 30.5 Å². The number of pyridine rings is 1. The number of carbonyl (C=O) groups excluding carboxylic acids is 1. The number of nitrogens with zero attached hydrogens (tertiary/aromatic N) is 3. The number of ether oxygens (including phenoxy) is 3. The molecule has 3 atom stereocenters. The van der Waals surface area contributed by atoms with Crippen molar-refractivity contribution in [2.24, 2.45) is 5.41 Å². The minimum atomic E-state index is -4.77. The number of carbonyl (C=O) groups is 1. The summed E-state index contributed by atoms with van der Waals surface area (Å²) in [6.45, 7) is 7.18. The molecule has 4 rings (SSSR count). The number of benzene rings is 1. The highest BCUT2D eigenvalue weighted by atomic mass is 19.4. The molecule has 2 fully saturated rings. The number of anilines is 1. The molecule has 3 heterocycles. The van der Waals surface area contributed by atoms with E-state index in [1.807, 2.05) is 30.0 Å². The van der Waals surface area contributed by atoms with Crippen LogP contribution in [0.3, 0.4) is 0 Å². The second-order valence-corrected chi connectivity index (χ2v) is 9.68. The van der Waals surface area contributed by atoms with Crippen molar-refractivity contribution in [2.75, 3.05) is 38.2 Å². The highest BCUT2D eigenvalue weighted by Gasteiger charge is 2.47. The Hall–Kier alpha value is -3.21. The molecule has 0 spiro atoms. The topological polar surface area (TPSA) is 84.4 Å². The molecule has 1 aromatic heterocycles. The fourth-order valence-electron chi connectivity index (χ4n) is 4.86. The maximum Gasteiger partial charge on any atom is 0.573 e. The van der Waals surface area contributed by atoms with Crippen LogP contribution >= 0.6 is 0 Å². The minimum Gasteiger partial charge on any atom is -0.493 e. The van der Waals surface area contributed by atoms with E-state index >= 15 is 0 Å².